The summed E-state index contributed by atoms with van der Waals surface area (Å²) in [7, 11) is 0. The first kappa shape index (κ1) is 25.5. The number of hydrogen-bond donors (Lipinski definition) is 3. The molecule has 0 aliphatic rings. The lowest BCUT2D eigenvalue weighted by molar-refractivity contribution is 0.0953. The van der Waals surface area contributed by atoms with Crippen molar-refractivity contribution >= 4 is 45.7 Å². The van der Waals surface area contributed by atoms with Crippen molar-refractivity contribution in [2.24, 2.45) is 0 Å². The molecule has 1 amide bonds. The van der Waals surface area contributed by atoms with Crippen molar-refractivity contribution in [3.05, 3.63) is 92.7 Å². The fraction of sp³-hybridized carbons (Fsp3) is 0.167. The summed E-state index contributed by atoms with van der Waals surface area (Å²) in [6, 6.07) is 6.52. The fourth-order valence-corrected chi connectivity index (χ4v) is 3.67. The van der Waals surface area contributed by atoms with Crippen LogP contribution in [0.3, 0.4) is 0 Å². The molecule has 0 saturated carbocycles. The highest BCUT2D eigenvalue weighted by Gasteiger charge is 2.24. The molecule has 0 atom stereocenters. The topological polar surface area (TPSA) is 80.0 Å². The van der Waals surface area contributed by atoms with Gasteiger partial charge in [-0.2, -0.15) is 0 Å². The molecule has 3 rings (SSSR count). The smallest absolute Gasteiger partial charge is 0.253 e. The highest BCUT2D eigenvalue weighted by molar-refractivity contribution is 14.1. The Bertz CT molecular complexity index is 1240. The van der Waals surface area contributed by atoms with Gasteiger partial charge in [-0.3, -0.25) is 4.79 Å². The minimum Gasteiger partial charge on any atom is -0.381 e. The zero-order valence-electron chi connectivity index (χ0n) is 17.9. The third-order valence-corrected chi connectivity index (χ3v) is 5.64. The lowest BCUT2D eigenvalue weighted by Crippen LogP contribution is -2.26. The molecule has 2 aromatic carbocycles. The second-order valence-electron chi connectivity index (χ2n) is 7.37. The number of aromatic nitrogens is 1. The Morgan fingerprint density at radius 2 is 1.85 bits per heavy atom. The van der Waals surface area contributed by atoms with Crippen LogP contribution in [0.1, 0.15) is 34.3 Å². The summed E-state index contributed by atoms with van der Waals surface area (Å²) in [6.07, 6.45) is 3.77. The van der Waals surface area contributed by atoms with Gasteiger partial charge in [-0.25, -0.2) is 22.5 Å². The van der Waals surface area contributed by atoms with Crippen LogP contribution in [0.25, 0.3) is 0 Å². The molecule has 178 valence electrons. The van der Waals surface area contributed by atoms with Gasteiger partial charge < -0.3 is 16.4 Å². The lowest BCUT2D eigenvalue weighted by Gasteiger charge is -2.17. The molecule has 0 radical (unpaired) electrons. The molecule has 0 saturated heterocycles. The van der Waals surface area contributed by atoms with Crippen LogP contribution in [0.2, 0.25) is 0 Å². The number of nitrogens with two attached hydrogens (primary N) is 1. The van der Waals surface area contributed by atoms with Gasteiger partial charge in [0.1, 0.15) is 5.82 Å². The van der Waals surface area contributed by atoms with Crippen molar-refractivity contribution in [3.63, 3.8) is 0 Å². The minimum atomic E-state index is -1.39. The molecule has 1 heterocycles. The van der Waals surface area contributed by atoms with Gasteiger partial charge in [-0.15, -0.1) is 6.58 Å². The van der Waals surface area contributed by atoms with E-state index in [0.29, 0.717) is 16.4 Å². The third kappa shape index (κ3) is 5.85. The second-order valence-corrected chi connectivity index (χ2v) is 8.61. The first-order valence-electron chi connectivity index (χ1n) is 10.2. The SMILES string of the molecule is C=CCCCNC(=O)c1cc(Cc2ccnc(N)c2F)c(F)c(F)c1Nc1ccc(I)cc1F. The Balaban J connectivity index is 2.05. The number of benzene rings is 2. The maximum absolute atomic E-state index is 15.2. The summed E-state index contributed by atoms with van der Waals surface area (Å²) in [5.74, 6) is -5.35. The van der Waals surface area contributed by atoms with Crippen LogP contribution in [0.4, 0.5) is 34.8 Å². The first-order valence-corrected chi connectivity index (χ1v) is 11.3. The monoisotopic (exact) mass is 584 g/mol. The molecule has 4 N–H and O–H groups in total. The summed E-state index contributed by atoms with van der Waals surface area (Å²) >= 11 is 1.91. The normalized spacial score (nSPS) is 10.7. The molecule has 0 bridgehead atoms. The quantitative estimate of drug-likeness (QED) is 0.128. The lowest BCUT2D eigenvalue weighted by atomic mass is 9.99. The Labute approximate surface area is 207 Å². The Morgan fingerprint density at radius 3 is 2.56 bits per heavy atom. The van der Waals surface area contributed by atoms with Gasteiger partial charge in [0.15, 0.2) is 23.3 Å². The van der Waals surface area contributed by atoms with Crippen LogP contribution < -0.4 is 16.4 Å². The second kappa shape index (κ2) is 11.3. The van der Waals surface area contributed by atoms with Crippen molar-refractivity contribution in [1.82, 2.24) is 10.3 Å². The summed E-state index contributed by atoms with van der Waals surface area (Å²) in [6.45, 7) is 3.86. The van der Waals surface area contributed by atoms with Crippen molar-refractivity contribution in [1.29, 1.82) is 0 Å². The molecule has 5 nitrogen and oxygen atoms in total. The number of allylic oxidation sites excluding steroid dienone is 1. The first-order chi connectivity index (χ1) is 16.2. The predicted molar refractivity (Wildman–Crippen MR) is 132 cm³/mol. The van der Waals surface area contributed by atoms with Crippen molar-refractivity contribution in [3.8, 4) is 0 Å². The number of nitrogens with zero attached hydrogens (tertiary/aromatic N) is 1. The van der Waals surface area contributed by atoms with E-state index < -0.39 is 34.9 Å². The molecular formula is C24H21F4IN4O. The van der Waals surface area contributed by atoms with E-state index in [4.69, 9.17) is 5.73 Å². The van der Waals surface area contributed by atoms with Crippen molar-refractivity contribution < 1.29 is 22.4 Å². The highest BCUT2D eigenvalue weighted by atomic mass is 127. The highest BCUT2D eigenvalue weighted by Crippen LogP contribution is 2.32. The van der Waals surface area contributed by atoms with E-state index in [1.54, 1.807) is 12.1 Å². The zero-order valence-corrected chi connectivity index (χ0v) is 20.1. The molecule has 0 aliphatic carbocycles. The Hall–Kier alpha value is -3.15. The van der Waals surface area contributed by atoms with Crippen LogP contribution >= 0.6 is 22.6 Å². The number of nitrogen functional groups attached to an aromatic ring is 1. The molecule has 0 fully saturated rings. The van der Waals surface area contributed by atoms with Gasteiger partial charge in [-0.05, 0) is 76.9 Å². The molecular weight excluding hydrogens is 563 g/mol. The van der Waals surface area contributed by atoms with Crippen LogP contribution in [-0.4, -0.2) is 17.4 Å². The molecule has 0 aliphatic heterocycles. The van der Waals surface area contributed by atoms with E-state index in [1.165, 1.54) is 24.4 Å². The van der Waals surface area contributed by atoms with Crippen molar-refractivity contribution in [2.45, 2.75) is 19.3 Å². The molecule has 0 spiro atoms. The van der Waals surface area contributed by atoms with E-state index in [9.17, 15) is 13.6 Å². The number of amides is 1. The standard InChI is InChI=1S/C24H21F4IN4O/c1-2-3-4-8-32-24(34)16-11-14(10-13-7-9-31-23(30)20(13)27)19(26)21(28)22(16)33-18-6-5-15(29)12-17(18)25/h2,5-7,9,11-12,33H,1,3-4,8,10H2,(H2,30,31)(H,32,34). The molecule has 10 heteroatoms. The summed E-state index contributed by atoms with van der Waals surface area (Å²) < 4.78 is 59.5. The summed E-state index contributed by atoms with van der Waals surface area (Å²) in [4.78, 5) is 16.5. The van der Waals surface area contributed by atoms with Gasteiger partial charge in [-0.1, -0.05) is 6.08 Å². The average molecular weight is 584 g/mol. The largest absolute Gasteiger partial charge is 0.381 e. The maximum atomic E-state index is 15.2. The van der Waals surface area contributed by atoms with E-state index in [2.05, 4.69) is 22.2 Å². The number of nitrogens with one attached hydrogen (secondary N) is 2. The minimum absolute atomic E-state index is 0.0208. The van der Waals surface area contributed by atoms with Gasteiger partial charge in [0.2, 0.25) is 0 Å². The Kier molecular flexibility index (Phi) is 8.48. The van der Waals surface area contributed by atoms with Crippen LogP contribution in [-0.2, 0) is 6.42 Å². The number of carbonyl (C=O) groups excluding carboxylic acids is 1. The summed E-state index contributed by atoms with van der Waals surface area (Å²) in [5, 5.41) is 5.12. The van der Waals surface area contributed by atoms with Gasteiger partial charge in [0.25, 0.3) is 5.91 Å². The fourth-order valence-electron chi connectivity index (χ4n) is 3.22. The van der Waals surface area contributed by atoms with Crippen LogP contribution in [0.5, 0.6) is 0 Å². The number of pyridine rings is 1. The number of rotatable bonds is 9. The van der Waals surface area contributed by atoms with Crippen LogP contribution in [0.15, 0.2) is 49.2 Å². The van der Waals surface area contributed by atoms with Gasteiger partial charge in [0.05, 0.1) is 16.9 Å². The molecule has 34 heavy (non-hydrogen) atoms. The van der Waals surface area contributed by atoms with Crippen LogP contribution in [0, 0.1) is 26.8 Å². The zero-order chi connectivity index (χ0) is 24.8. The maximum Gasteiger partial charge on any atom is 0.253 e. The van der Waals surface area contributed by atoms with Gasteiger partial charge >= 0.3 is 0 Å². The molecule has 3 aromatic rings. The Morgan fingerprint density at radius 1 is 1.09 bits per heavy atom. The number of anilines is 3. The third-order valence-electron chi connectivity index (χ3n) is 4.97. The molecule has 0 unspecified atom stereocenters. The van der Waals surface area contributed by atoms with E-state index >= 15 is 8.78 Å². The number of hydrogen-bond acceptors (Lipinski definition) is 4. The molecule has 1 aromatic heterocycles. The van der Waals surface area contributed by atoms with Gasteiger partial charge in [0, 0.05) is 22.7 Å². The number of unbranched alkanes of at least 4 members (excludes halogenated alkanes) is 1. The van der Waals surface area contributed by atoms with E-state index in [1.807, 2.05) is 22.6 Å². The number of halogens is 5. The van der Waals surface area contributed by atoms with E-state index in [-0.39, 0.29) is 41.2 Å². The average Bonchev–Trinajstić information content (AvgIpc) is 2.80. The van der Waals surface area contributed by atoms with Crippen molar-refractivity contribution in [2.75, 3.05) is 17.6 Å². The number of carbonyl (C=O) groups is 1. The van der Waals surface area contributed by atoms with E-state index in [0.717, 1.165) is 6.07 Å². The predicted octanol–water partition coefficient (Wildman–Crippen LogP) is 5.86. The summed E-state index contributed by atoms with van der Waals surface area (Å²) in [5.41, 5.74) is 4.25.